The number of benzene rings is 1. The van der Waals surface area contributed by atoms with Gasteiger partial charge in [0.1, 0.15) is 5.75 Å². The van der Waals surface area contributed by atoms with Crippen molar-refractivity contribution in [1.82, 2.24) is 15.2 Å². The van der Waals surface area contributed by atoms with Gasteiger partial charge in [-0.15, -0.1) is 0 Å². The second kappa shape index (κ2) is 7.64. The van der Waals surface area contributed by atoms with Crippen molar-refractivity contribution < 1.29 is 9.90 Å². The lowest BCUT2D eigenvalue weighted by atomic mass is 10.1. The highest BCUT2D eigenvalue weighted by atomic mass is 35.5. The molecule has 5 nitrogen and oxygen atoms in total. The summed E-state index contributed by atoms with van der Waals surface area (Å²) in [5, 5.41) is 13.3. The molecule has 1 atom stereocenters. The van der Waals surface area contributed by atoms with Gasteiger partial charge in [-0.2, -0.15) is 0 Å². The van der Waals surface area contributed by atoms with E-state index in [1.165, 1.54) is 25.1 Å². The van der Waals surface area contributed by atoms with Crippen molar-refractivity contribution in [1.29, 1.82) is 0 Å². The average Bonchev–Trinajstić information content (AvgIpc) is 3.11. The largest absolute Gasteiger partial charge is 0.505 e. The molecule has 0 bridgehead atoms. The van der Waals surface area contributed by atoms with E-state index in [4.69, 9.17) is 11.6 Å². The van der Waals surface area contributed by atoms with Gasteiger partial charge in [-0.3, -0.25) is 9.69 Å². The predicted molar refractivity (Wildman–Crippen MR) is 93.2 cm³/mol. The first kappa shape index (κ1) is 16.7. The number of rotatable bonds is 5. The molecule has 2 N–H and O–H groups in total. The van der Waals surface area contributed by atoms with Crippen LogP contribution >= 0.6 is 11.6 Å². The van der Waals surface area contributed by atoms with Gasteiger partial charge < -0.3 is 10.4 Å². The van der Waals surface area contributed by atoms with Crippen LogP contribution in [-0.4, -0.2) is 40.5 Å². The van der Waals surface area contributed by atoms with Crippen molar-refractivity contribution in [2.24, 2.45) is 0 Å². The molecule has 126 valence electrons. The molecule has 1 aromatic carbocycles. The van der Waals surface area contributed by atoms with E-state index >= 15 is 0 Å². The van der Waals surface area contributed by atoms with Gasteiger partial charge >= 0.3 is 0 Å². The number of amides is 1. The molecule has 0 radical (unpaired) electrons. The van der Waals surface area contributed by atoms with E-state index in [0.29, 0.717) is 11.6 Å². The molecular formula is C18H20ClN3O2. The maximum absolute atomic E-state index is 12.3. The Bertz CT molecular complexity index is 700. The third-order valence-electron chi connectivity index (χ3n) is 4.29. The topological polar surface area (TPSA) is 65.5 Å². The van der Waals surface area contributed by atoms with Crippen molar-refractivity contribution in [3.63, 3.8) is 0 Å². The summed E-state index contributed by atoms with van der Waals surface area (Å²) in [4.78, 5) is 18.6. The molecule has 6 heteroatoms. The summed E-state index contributed by atoms with van der Waals surface area (Å²) in [5.74, 6) is -0.481. The van der Waals surface area contributed by atoms with Gasteiger partial charge in [0.2, 0.25) is 0 Å². The van der Waals surface area contributed by atoms with Crippen LogP contribution in [0.5, 0.6) is 5.75 Å². The average molecular weight is 346 g/mol. The Morgan fingerprint density at radius 3 is 2.62 bits per heavy atom. The lowest BCUT2D eigenvalue weighted by Crippen LogP contribution is -2.37. The second-order valence-electron chi connectivity index (χ2n) is 5.89. The molecule has 1 aromatic heterocycles. The summed E-state index contributed by atoms with van der Waals surface area (Å²) in [7, 11) is 0. The van der Waals surface area contributed by atoms with E-state index in [0.717, 1.165) is 18.7 Å². The maximum atomic E-state index is 12.3. The van der Waals surface area contributed by atoms with Crippen LogP contribution in [0.4, 0.5) is 0 Å². The number of likely N-dealkylation sites (tertiary alicyclic amines) is 1. The van der Waals surface area contributed by atoms with Crippen molar-refractivity contribution >= 4 is 17.5 Å². The Morgan fingerprint density at radius 2 is 1.96 bits per heavy atom. The van der Waals surface area contributed by atoms with Gasteiger partial charge in [0, 0.05) is 17.8 Å². The lowest BCUT2D eigenvalue weighted by Gasteiger charge is -2.28. The van der Waals surface area contributed by atoms with Crippen LogP contribution < -0.4 is 5.32 Å². The first-order valence-electron chi connectivity index (χ1n) is 8.07. The van der Waals surface area contributed by atoms with Crippen LogP contribution in [0.3, 0.4) is 0 Å². The van der Waals surface area contributed by atoms with Crippen LogP contribution in [-0.2, 0) is 0 Å². The van der Waals surface area contributed by atoms with Crippen molar-refractivity contribution in [3.05, 3.63) is 58.9 Å². The second-order valence-corrected chi connectivity index (χ2v) is 6.33. The molecule has 0 spiro atoms. The molecule has 1 amide bonds. The first-order valence-corrected chi connectivity index (χ1v) is 8.44. The number of halogens is 1. The maximum Gasteiger partial charge on any atom is 0.273 e. The SMILES string of the molecule is O=C(NCC(c1ccc(Cl)cc1)N1CCCC1)c1ncccc1O. The minimum atomic E-state index is -0.369. The molecule has 1 fully saturated rings. The summed E-state index contributed by atoms with van der Waals surface area (Å²) >= 11 is 5.98. The Labute approximate surface area is 146 Å². The standard InChI is InChI=1S/C18H20ClN3O2/c19-14-7-5-13(6-8-14)15(22-10-1-2-11-22)12-21-18(24)17-16(23)4-3-9-20-17/h3-9,15,23H,1-2,10-12H2,(H,21,24). The zero-order valence-electron chi connectivity index (χ0n) is 13.3. The van der Waals surface area contributed by atoms with E-state index in [1.54, 1.807) is 6.07 Å². The summed E-state index contributed by atoms with van der Waals surface area (Å²) in [6, 6.07) is 10.9. The van der Waals surface area contributed by atoms with E-state index in [-0.39, 0.29) is 23.4 Å². The minimum Gasteiger partial charge on any atom is -0.505 e. The Morgan fingerprint density at radius 1 is 1.25 bits per heavy atom. The van der Waals surface area contributed by atoms with Crippen LogP contribution in [0.2, 0.25) is 5.02 Å². The molecule has 3 rings (SSSR count). The quantitative estimate of drug-likeness (QED) is 0.874. The molecule has 1 aliphatic rings. The lowest BCUT2D eigenvalue weighted by molar-refractivity contribution is 0.0930. The molecule has 2 aromatic rings. The van der Waals surface area contributed by atoms with Gasteiger partial charge in [0.25, 0.3) is 5.91 Å². The van der Waals surface area contributed by atoms with E-state index in [1.807, 2.05) is 24.3 Å². The summed E-state index contributed by atoms with van der Waals surface area (Å²) in [6.45, 7) is 2.48. The number of aromatic hydroxyl groups is 1. The van der Waals surface area contributed by atoms with E-state index in [9.17, 15) is 9.90 Å². The fourth-order valence-electron chi connectivity index (χ4n) is 3.04. The predicted octanol–water partition coefficient (Wildman–Crippen LogP) is 3.01. The molecule has 24 heavy (non-hydrogen) atoms. The molecule has 2 heterocycles. The van der Waals surface area contributed by atoms with Crippen LogP contribution in [0, 0.1) is 0 Å². The van der Waals surface area contributed by atoms with Gasteiger partial charge in [0.15, 0.2) is 5.69 Å². The molecular weight excluding hydrogens is 326 g/mol. The van der Waals surface area contributed by atoms with Crippen molar-refractivity contribution in [2.75, 3.05) is 19.6 Å². The zero-order valence-corrected chi connectivity index (χ0v) is 14.0. The minimum absolute atomic E-state index is 0.0498. The number of aromatic nitrogens is 1. The first-order chi connectivity index (χ1) is 11.6. The number of carbonyl (C=O) groups is 1. The number of carbonyl (C=O) groups excluding carboxylic acids is 1. The highest BCUT2D eigenvalue weighted by molar-refractivity contribution is 6.30. The summed E-state index contributed by atoms with van der Waals surface area (Å²) in [6.07, 6.45) is 3.82. The van der Waals surface area contributed by atoms with E-state index in [2.05, 4.69) is 15.2 Å². The van der Waals surface area contributed by atoms with Gasteiger partial charge in [-0.05, 0) is 55.8 Å². The van der Waals surface area contributed by atoms with Crippen LogP contribution in [0.1, 0.15) is 34.9 Å². The van der Waals surface area contributed by atoms with Crippen LogP contribution in [0.25, 0.3) is 0 Å². The number of hydrogen-bond donors (Lipinski definition) is 2. The highest BCUT2D eigenvalue weighted by Crippen LogP contribution is 2.26. The van der Waals surface area contributed by atoms with Gasteiger partial charge in [0.05, 0.1) is 6.04 Å². The van der Waals surface area contributed by atoms with E-state index < -0.39 is 0 Å². The highest BCUT2D eigenvalue weighted by Gasteiger charge is 2.24. The third-order valence-corrected chi connectivity index (χ3v) is 4.55. The van der Waals surface area contributed by atoms with Crippen molar-refractivity contribution in [2.45, 2.75) is 18.9 Å². The Kier molecular flexibility index (Phi) is 5.33. The Balaban J connectivity index is 1.73. The summed E-state index contributed by atoms with van der Waals surface area (Å²) < 4.78 is 0. The fourth-order valence-corrected chi connectivity index (χ4v) is 3.17. The third kappa shape index (κ3) is 3.86. The zero-order chi connectivity index (χ0) is 16.9. The molecule has 1 unspecified atom stereocenters. The smallest absolute Gasteiger partial charge is 0.273 e. The number of nitrogens with one attached hydrogen (secondary N) is 1. The fraction of sp³-hybridized carbons (Fsp3) is 0.333. The Hall–Kier alpha value is -2.11. The number of hydrogen-bond acceptors (Lipinski definition) is 4. The normalized spacial score (nSPS) is 16.0. The van der Waals surface area contributed by atoms with Gasteiger partial charge in [-0.25, -0.2) is 4.98 Å². The molecule has 1 aliphatic heterocycles. The summed E-state index contributed by atoms with van der Waals surface area (Å²) in [5.41, 5.74) is 1.17. The monoisotopic (exact) mass is 345 g/mol. The number of pyridine rings is 1. The van der Waals surface area contributed by atoms with Crippen molar-refractivity contribution in [3.8, 4) is 5.75 Å². The molecule has 0 saturated carbocycles. The van der Waals surface area contributed by atoms with Gasteiger partial charge in [-0.1, -0.05) is 23.7 Å². The molecule has 1 saturated heterocycles. The van der Waals surface area contributed by atoms with Crippen LogP contribution in [0.15, 0.2) is 42.6 Å². The number of nitrogens with zero attached hydrogens (tertiary/aromatic N) is 2. The molecule has 0 aliphatic carbocycles.